The zero-order valence-corrected chi connectivity index (χ0v) is 17.6. The molecule has 2 aromatic carbocycles. The first kappa shape index (κ1) is 23.3. The van der Waals surface area contributed by atoms with Gasteiger partial charge in [0.1, 0.15) is 6.61 Å². The van der Waals surface area contributed by atoms with Crippen LogP contribution in [-0.2, 0) is 27.3 Å². The van der Waals surface area contributed by atoms with E-state index in [0.29, 0.717) is 37.7 Å². The molecule has 0 bridgehead atoms. The zero-order chi connectivity index (χ0) is 21.6. The molecule has 0 aliphatic heterocycles. The Kier molecular flexibility index (Phi) is 10.3. The van der Waals surface area contributed by atoms with E-state index in [1.54, 1.807) is 7.11 Å². The van der Waals surface area contributed by atoms with E-state index < -0.39 is 6.10 Å². The molecule has 0 radical (unpaired) electrons. The number of carbonyl (C=O) groups is 1. The Morgan fingerprint density at radius 3 is 2.63 bits per heavy atom. The summed E-state index contributed by atoms with van der Waals surface area (Å²) in [7, 11) is 1.58. The lowest BCUT2D eigenvalue weighted by molar-refractivity contribution is -0.137. The first-order valence-electron chi connectivity index (χ1n) is 9.92. The third-order valence-electron chi connectivity index (χ3n) is 4.29. The van der Waals surface area contributed by atoms with E-state index in [1.807, 2.05) is 55.5 Å². The molecule has 6 nitrogen and oxygen atoms in total. The molecule has 1 amide bonds. The van der Waals surface area contributed by atoms with Crippen molar-refractivity contribution in [3.05, 3.63) is 59.7 Å². The fourth-order valence-electron chi connectivity index (χ4n) is 2.81. The highest BCUT2D eigenvalue weighted by Gasteiger charge is 2.18. The number of rotatable bonds is 13. The fourth-order valence-corrected chi connectivity index (χ4v) is 2.81. The van der Waals surface area contributed by atoms with Crippen LogP contribution < -0.4 is 14.8 Å². The van der Waals surface area contributed by atoms with Crippen molar-refractivity contribution in [1.29, 1.82) is 0 Å². The molecule has 0 aromatic heterocycles. The maximum absolute atomic E-state index is 12.5. The van der Waals surface area contributed by atoms with E-state index in [0.717, 1.165) is 11.1 Å². The summed E-state index contributed by atoms with van der Waals surface area (Å²) in [5.74, 6) is 3.44. The number of methoxy groups -OCH3 is 1. The summed E-state index contributed by atoms with van der Waals surface area (Å²) in [5.41, 5.74) is 2.06. The van der Waals surface area contributed by atoms with Crippen LogP contribution in [0.5, 0.6) is 11.5 Å². The van der Waals surface area contributed by atoms with Crippen LogP contribution in [0, 0.1) is 12.3 Å². The van der Waals surface area contributed by atoms with Gasteiger partial charge in [-0.05, 0) is 36.6 Å². The number of benzene rings is 2. The van der Waals surface area contributed by atoms with Gasteiger partial charge >= 0.3 is 0 Å². The monoisotopic (exact) mass is 411 g/mol. The normalized spacial score (nSPS) is 11.4. The lowest BCUT2D eigenvalue weighted by atomic mass is 10.1. The maximum atomic E-state index is 12.5. The average molecular weight is 411 g/mol. The van der Waals surface area contributed by atoms with Crippen molar-refractivity contribution in [3.63, 3.8) is 0 Å². The minimum Gasteiger partial charge on any atom is -0.493 e. The van der Waals surface area contributed by atoms with Crippen molar-refractivity contribution in [2.75, 3.05) is 33.5 Å². The number of hydrogen-bond donors (Lipinski definition) is 1. The molecule has 2 rings (SSSR count). The van der Waals surface area contributed by atoms with Gasteiger partial charge in [-0.1, -0.05) is 42.3 Å². The van der Waals surface area contributed by atoms with Gasteiger partial charge in [-0.15, -0.1) is 6.42 Å². The molecule has 1 N–H and O–H groups in total. The molecule has 0 saturated carbocycles. The van der Waals surface area contributed by atoms with Gasteiger partial charge in [-0.3, -0.25) is 4.79 Å². The molecule has 30 heavy (non-hydrogen) atoms. The molecule has 0 fully saturated rings. The van der Waals surface area contributed by atoms with Gasteiger partial charge in [0.25, 0.3) is 5.91 Å². The predicted octanol–water partition coefficient (Wildman–Crippen LogP) is 2.99. The van der Waals surface area contributed by atoms with E-state index in [9.17, 15) is 4.79 Å². The van der Waals surface area contributed by atoms with Crippen LogP contribution in [0.25, 0.3) is 0 Å². The second-order valence-corrected chi connectivity index (χ2v) is 6.46. The summed E-state index contributed by atoms with van der Waals surface area (Å²) < 4.78 is 22.0. The second kappa shape index (κ2) is 13.3. The van der Waals surface area contributed by atoms with Crippen LogP contribution in [0.1, 0.15) is 18.1 Å². The van der Waals surface area contributed by atoms with Crippen LogP contribution in [0.15, 0.2) is 48.5 Å². The highest BCUT2D eigenvalue weighted by atomic mass is 16.5. The Hall–Kier alpha value is -3.01. The SMILES string of the molecule is C#CCOc1ccc(CCNC(=O)[C@H](COCc2ccccc2)OCC)cc1OC. The van der Waals surface area contributed by atoms with Gasteiger partial charge in [0.15, 0.2) is 17.6 Å². The Morgan fingerprint density at radius 1 is 1.13 bits per heavy atom. The summed E-state index contributed by atoms with van der Waals surface area (Å²) in [4.78, 5) is 12.5. The van der Waals surface area contributed by atoms with Crippen LogP contribution in [0.4, 0.5) is 0 Å². The molecule has 2 aromatic rings. The molecule has 6 heteroatoms. The molecule has 0 spiro atoms. The van der Waals surface area contributed by atoms with Gasteiger partial charge < -0.3 is 24.3 Å². The molecule has 1 atom stereocenters. The van der Waals surface area contributed by atoms with E-state index in [1.165, 1.54) is 0 Å². The Balaban J connectivity index is 1.81. The first-order chi connectivity index (χ1) is 14.7. The molecule has 0 saturated heterocycles. The van der Waals surface area contributed by atoms with Gasteiger partial charge in [0.05, 0.1) is 20.3 Å². The van der Waals surface area contributed by atoms with Crippen LogP contribution in [-0.4, -0.2) is 45.5 Å². The Labute approximate surface area is 178 Å². The molecular formula is C24H29NO5. The van der Waals surface area contributed by atoms with E-state index in [2.05, 4.69) is 11.2 Å². The summed E-state index contributed by atoms with van der Waals surface area (Å²) in [6.45, 7) is 3.57. The molecule has 0 aliphatic carbocycles. The average Bonchev–Trinajstić information content (AvgIpc) is 2.78. The van der Waals surface area contributed by atoms with Gasteiger partial charge in [-0.25, -0.2) is 0 Å². The topological polar surface area (TPSA) is 66.0 Å². The summed E-state index contributed by atoms with van der Waals surface area (Å²) >= 11 is 0. The van der Waals surface area contributed by atoms with Crippen LogP contribution in [0.2, 0.25) is 0 Å². The molecule has 0 heterocycles. The van der Waals surface area contributed by atoms with Crippen molar-refractivity contribution in [2.45, 2.75) is 26.1 Å². The van der Waals surface area contributed by atoms with E-state index in [4.69, 9.17) is 25.4 Å². The highest BCUT2D eigenvalue weighted by Crippen LogP contribution is 2.28. The van der Waals surface area contributed by atoms with Crippen molar-refractivity contribution in [1.82, 2.24) is 5.32 Å². The van der Waals surface area contributed by atoms with Crippen LogP contribution >= 0.6 is 0 Å². The predicted molar refractivity (Wildman–Crippen MR) is 116 cm³/mol. The lowest BCUT2D eigenvalue weighted by Crippen LogP contribution is -2.40. The quantitative estimate of drug-likeness (QED) is 0.514. The standard InChI is InChI=1S/C24H29NO5/c1-4-15-30-21-12-11-19(16-22(21)27-3)13-14-25-24(26)23(29-5-2)18-28-17-20-9-7-6-8-10-20/h1,6-12,16,23H,5,13-15,17-18H2,2-3H3,(H,25,26)/t23-/m0/s1. The first-order valence-corrected chi connectivity index (χ1v) is 9.92. The van der Waals surface area contributed by atoms with Gasteiger partial charge in [0, 0.05) is 13.2 Å². The van der Waals surface area contributed by atoms with Gasteiger partial charge in [0.2, 0.25) is 0 Å². The minimum absolute atomic E-state index is 0.178. The lowest BCUT2D eigenvalue weighted by Gasteiger charge is -2.17. The van der Waals surface area contributed by atoms with Crippen molar-refractivity contribution in [3.8, 4) is 23.8 Å². The van der Waals surface area contributed by atoms with Gasteiger partial charge in [-0.2, -0.15) is 0 Å². The van der Waals surface area contributed by atoms with Crippen molar-refractivity contribution in [2.24, 2.45) is 0 Å². The number of carbonyl (C=O) groups excluding carboxylic acids is 1. The minimum atomic E-state index is -0.646. The smallest absolute Gasteiger partial charge is 0.251 e. The number of nitrogens with one attached hydrogen (secondary N) is 1. The molecule has 160 valence electrons. The molecular weight excluding hydrogens is 382 g/mol. The summed E-state index contributed by atoms with van der Waals surface area (Å²) in [5, 5.41) is 2.91. The maximum Gasteiger partial charge on any atom is 0.251 e. The summed E-state index contributed by atoms with van der Waals surface area (Å²) in [6, 6.07) is 15.4. The summed E-state index contributed by atoms with van der Waals surface area (Å²) in [6.07, 6.45) is 5.22. The fraction of sp³-hybridized carbons (Fsp3) is 0.375. The largest absolute Gasteiger partial charge is 0.493 e. The van der Waals surface area contributed by atoms with Crippen LogP contribution in [0.3, 0.4) is 0 Å². The number of amides is 1. The number of hydrogen-bond acceptors (Lipinski definition) is 5. The Morgan fingerprint density at radius 2 is 1.93 bits per heavy atom. The molecule has 0 unspecified atom stereocenters. The van der Waals surface area contributed by atoms with E-state index in [-0.39, 0.29) is 19.1 Å². The number of terminal acetylenes is 1. The van der Waals surface area contributed by atoms with E-state index >= 15 is 0 Å². The zero-order valence-electron chi connectivity index (χ0n) is 17.6. The molecule has 0 aliphatic rings. The van der Waals surface area contributed by atoms with Crippen molar-refractivity contribution >= 4 is 5.91 Å². The number of ether oxygens (including phenoxy) is 4. The third-order valence-corrected chi connectivity index (χ3v) is 4.29. The second-order valence-electron chi connectivity index (χ2n) is 6.46. The highest BCUT2D eigenvalue weighted by molar-refractivity contribution is 5.80. The van der Waals surface area contributed by atoms with Crippen molar-refractivity contribution < 1.29 is 23.7 Å². The third kappa shape index (κ3) is 7.78. The Bertz CT molecular complexity index is 816.